The highest BCUT2D eigenvalue weighted by Gasteiger charge is 2.15. The Labute approximate surface area is 131 Å². The zero-order valence-corrected chi connectivity index (χ0v) is 12.5. The summed E-state index contributed by atoms with van der Waals surface area (Å²) in [7, 11) is 0. The molecule has 0 spiro atoms. The number of hydrogen-bond acceptors (Lipinski definition) is 3. The van der Waals surface area contributed by atoms with Gasteiger partial charge in [-0.05, 0) is 18.2 Å². The molecular weight excluding hydrogens is 316 g/mol. The van der Waals surface area contributed by atoms with E-state index >= 15 is 0 Å². The van der Waals surface area contributed by atoms with Gasteiger partial charge in [0.2, 0.25) is 0 Å². The molecule has 6 heteroatoms. The van der Waals surface area contributed by atoms with Crippen LogP contribution in [0.2, 0.25) is 10.0 Å². The molecule has 0 saturated heterocycles. The molecule has 1 aliphatic rings. The predicted molar refractivity (Wildman–Crippen MR) is 81.2 cm³/mol. The fourth-order valence-corrected chi connectivity index (χ4v) is 2.48. The van der Waals surface area contributed by atoms with Gasteiger partial charge in [0.25, 0.3) is 0 Å². The molecule has 1 N–H and O–H groups in total. The van der Waals surface area contributed by atoms with E-state index in [9.17, 15) is 4.39 Å². The van der Waals surface area contributed by atoms with Crippen molar-refractivity contribution < 1.29 is 13.9 Å². The van der Waals surface area contributed by atoms with Crippen LogP contribution < -0.4 is 14.8 Å². The van der Waals surface area contributed by atoms with Crippen LogP contribution in [-0.4, -0.2) is 13.2 Å². The van der Waals surface area contributed by atoms with E-state index in [1.165, 1.54) is 12.1 Å². The van der Waals surface area contributed by atoms with E-state index in [0.717, 1.165) is 0 Å². The van der Waals surface area contributed by atoms with E-state index in [1.807, 2.05) is 0 Å². The predicted octanol–water partition coefficient (Wildman–Crippen LogP) is 4.52. The second-order valence-electron chi connectivity index (χ2n) is 4.56. The quantitative estimate of drug-likeness (QED) is 0.899. The van der Waals surface area contributed by atoms with Crippen LogP contribution in [0, 0.1) is 5.82 Å². The van der Waals surface area contributed by atoms with Gasteiger partial charge in [0.15, 0.2) is 11.5 Å². The first kappa shape index (κ1) is 14.3. The molecule has 0 saturated carbocycles. The molecule has 110 valence electrons. The molecule has 0 atom stereocenters. The molecule has 0 amide bonds. The summed E-state index contributed by atoms with van der Waals surface area (Å²) in [5, 5.41) is 4.06. The van der Waals surface area contributed by atoms with Crippen LogP contribution in [-0.2, 0) is 6.54 Å². The van der Waals surface area contributed by atoms with Crippen molar-refractivity contribution in [2.45, 2.75) is 6.54 Å². The molecular formula is C15H12Cl2FNO2. The van der Waals surface area contributed by atoms with E-state index < -0.39 is 0 Å². The van der Waals surface area contributed by atoms with E-state index in [0.29, 0.717) is 46.0 Å². The fraction of sp³-hybridized carbons (Fsp3) is 0.200. The van der Waals surface area contributed by atoms with Crippen molar-refractivity contribution in [3.05, 3.63) is 51.8 Å². The Morgan fingerprint density at radius 3 is 2.52 bits per heavy atom. The van der Waals surface area contributed by atoms with Crippen molar-refractivity contribution >= 4 is 28.9 Å². The van der Waals surface area contributed by atoms with Gasteiger partial charge in [-0.3, -0.25) is 0 Å². The molecule has 21 heavy (non-hydrogen) atoms. The maximum absolute atomic E-state index is 13.7. The largest absolute Gasteiger partial charge is 0.486 e. The van der Waals surface area contributed by atoms with Crippen molar-refractivity contribution in [3.8, 4) is 11.5 Å². The summed E-state index contributed by atoms with van der Waals surface area (Å²) in [6.07, 6.45) is 0. The Morgan fingerprint density at radius 2 is 1.76 bits per heavy atom. The highest BCUT2D eigenvalue weighted by molar-refractivity contribution is 6.33. The van der Waals surface area contributed by atoms with Crippen molar-refractivity contribution in [2.24, 2.45) is 0 Å². The maximum atomic E-state index is 13.7. The molecule has 3 rings (SSSR count). The van der Waals surface area contributed by atoms with E-state index in [2.05, 4.69) is 5.32 Å². The summed E-state index contributed by atoms with van der Waals surface area (Å²) < 4.78 is 24.6. The van der Waals surface area contributed by atoms with Crippen LogP contribution in [0.1, 0.15) is 5.56 Å². The normalized spacial score (nSPS) is 13.1. The second-order valence-corrected chi connectivity index (χ2v) is 5.41. The summed E-state index contributed by atoms with van der Waals surface area (Å²) >= 11 is 12.0. The molecule has 1 aliphatic heterocycles. The maximum Gasteiger partial charge on any atom is 0.163 e. The third kappa shape index (κ3) is 3.17. The number of anilines is 1. The van der Waals surface area contributed by atoms with Crippen LogP contribution in [0.5, 0.6) is 11.5 Å². The van der Waals surface area contributed by atoms with Crippen LogP contribution in [0.3, 0.4) is 0 Å². The van der Waals surface area contributed by atoms with Gasteiger partial charge in [-0.15, -0.1) is 0 Å². The molecule has 2 aromatic carbocycles. The first-order valence-corrected chi connectivity index (χ1v) is 7.16. The number of ether oxygens (including phenoxy) is 2. The average molecular weight is 328 g/mol. The molecule has 0 fully saturated rings. The van der Waals surface area contributed by atoms with Gasteiger partial charge in [0.1, 0.15) is 19.0 Å². The summed E-state index contributed by atoms with van der Waals surface area (Å²) in [6, 6.07) is 7.87. The van der Waals surface area contributed by atoms with Gasteiger partial charge in [-0.25, -0.2) is 4.39 Å². The first-order chi connectivity index (χ1) is 10.1. The van der Waals surface area contributed by atoms with Crippen molar-refractivity contribution in [1.29, 1.82) is 0 Å². The molecule has 0 unspecified atom stereocenters. The minimum absolute atomic E-state index is 0.270. The van der Waals surface area contributed by atoms with Crippen molar-refractivity contribution in [2.75, 3.05) is 18.5 Å². The average Bonchev–Trinajstić information content (AvgIpc) is 2.48. The van der Waals surface area contributed by atoms with E-state index in [1.54, 1.807) is 18.2 Å². The number of hydrogen-bond donors (Lipinski definition) is 1. The Kier molecular flexibility index (Phi) is 4.08. The van der Waals surface area contributed by atoms with Gasteiger partial charge in [0.05, 0.1) is 10.7 Å². The Morgan fingerprint density at radius 1 is 1.05 bits per heavy atom. The Bertz CT molecular complexity index is 679. The summed E-state index contributed by atoms with van der Waals surface area (Å²) in [4.78, 5) is 0. The number of fused-ring (bicyclic) bond motifs is 1. The third-order valence-electron chi connectivity index (χ3n) is 3.11. The highest BCUT2D eigenvalue weighted by Crippen LogP contribution is 2.38. The topological polar surface area (TPSA) is 30.5 Å². The standard InChI is InChI=1S/C15H12Cl2FNO2/c16-10-1-2-12(18)9(5-10)8-19-13-7-15-14(6-11(13)17)20-3-4-21-15/h1-2,5-7,19H,3-4,8H2. The minimum atomic E-state index is -0.319. The number of rotatable bonds is 3. The highest BCUT2D eigenvalue weighted by atomic mass is 35.5. The van der Waals surface area contributed by atoms with E-state index in [4.69, 9.17) is 32.7 Å². The van der Waals surface area contributed by atoms with E-state index in [-0.39, 0.29) is 12.4 Å². The zero-order valence-electron chi connectivity index (χ0n) is 11.0. The Balaban J connectivity index is 1.80. The lowest BCUT2D eigenvalue weighted by Gasteiger charge is -2.20. The lowest BCUT2D eigenvalue weighted by atomic mass is 10.2. The summed E-state index contributed by atoms with van der Waals surface area (Å²) in [6.45, 7) is 1.27. The molecule has 3 nitrogen and oxygen atoms in total. The van der Waals surface area contributed by atoms with Crippen molar-refractivity contribution in [1.82, 2.24) is 0 Å². The summed E-state index contributed by atoms with van der Waals surface area (Å²) in [5.41, 5.74) is 1.12. The molecule has 2 aromatic rings. The third-order valence-corrected chi connectivity index (χ3v) is 3.66. The molecule has 1 heterocycles. The van der Waals surface area contributed by atoms with Crippen LogP contribution >= 0.6 is 23.2 Å². The fourth-order valence-electron chi connectivity index (χ4n) is 2.07. The molecule has 0 radical (unpaired) electrons. The minimum Gasteiger partial charge on any atom is -0.486 e. The monoisotopic (exact) mass is 327 g/mol. The lowest BCUT2D eigenvalue weighted by molar-refractivity contribution is 0.171. The molecule has 0 bridgehead atoms. The summed E-state index contributed by atoms with van der Waals surface area (Å²) in [5.74, 6) is 0.922. The SMILES string of the molecule is Fc1ccc(Cl)cc1CNc1cc2c(cc1Cl)OCCO2. The number of benzene rings is 2. The first-order valence-electron chi connectivity index (χ1n) is 6.40. The number of nitrogens with one attached hydrogen (secondary N) is 1. The smallest absolute Gasteiger partial charge is 0.163 e. The van der Waals surface area contributed by atoms with Gasteiger partial charge < -0.3 is 14.8 Å². The van der Waals surface area contributed by atoms with Crippen molar-refractivity contribution in [3.63, 3.8) is 0 Å². The zero-order chi connectivity index (χ0) is 14.8. The molecule has 0 aromatic heterocycles. The van der Waals surface area contributed by atoms with Crippen LogP contribution in [0.25, 0.3) is 0 Å². The second kappa shape index (κ2) is 6.00. The van der Waals surface area contributed by atoms with Crippen LogP contribution in [0.4, 0.5) is 10.1 Å². The van der Waals surface area contributed by atoms with Gasteiger partial charge in [-0.1, -0.05) is 23.2 Å². The van der Waals surface area contributed by atoms with Gasteiger partial charge in [-0.2, -0.15) is 0 Å². The lowest BCUT2D eigenvalue weighted by Crippen LogP contribution is -2.15. The molecule has 0 aliphatic carbocycles. The Hall–Kier alpha value is -1.65. The van der Waals surface area contributed by atoms with Gasteiger partial charge in [0, 0.05) is 29.3 Å². The number of halogens is 3. The van der Waals surface area contributed by atoms with Gasteiger partial charge >= 0.3 is 0 Å². The van der Waals surface area contributed by atoms with Crippen LogP contribution in [0.15, 0.2) is 30.3 Å².